The van der Waals surface area contributed by atoms with Gasteiger partial charge in [0.2, 0.25) is 0 Å². The second kappa shape index (κ2) is 9.44. The number of carbonyl (C=O) groups is 1. The average Bonchev–Trinajstić information content (AvgIpc) is 2.82. The molecule has 3 aromatic rings. The number of aromatic nitrogens is 4. The first-order chi connectivity index (χ1) is 16.0. The Bertz CT molecular complexity index is 1240. The summed E-state index contributed by atoms with van der Waals surface area (Å²) in [4.78, 5) is 39.5. The van der Waals surface area contributed by atoms with Gasteiger partial charge < -0.3 is 14.8 Å². The van der Waals surface area contributed by atoms with Gasteiger partial charge in [0.25, 0.3) is 5.56 Å². The quantitative estimate of drug-likeness (QED) is 0.610. The number of benzene rings is 1. The summed E-state index contributed by atoms with van der Waals surface area (Å²) in [5.74, 6) is 0.617. The average molecular weight is 451 g/mol. The summed E-state index contributed by atoms with van der Waals surface area (Å²) in [6.07, 6.45) is 6.91. The number of nitrogens with one attached hydrogen (secondary N) is 1. The van der Waals surface area contributed by atoms with Gasteiger partial charge in [-0.15, -0.1) is 0 Å². The lowest BCUT2D eigenvalue weighted by atomic mass is 9.96. The minimum Gasteiger partial charge on any atom is -0.307 e. The molecule has 0 atom stereocenters. The molecule has 0 spiro atoms. The van der Waals surface area contributed by atoms with Gasteiger partial charge in [-0.2, -0.15) is 0 Å². The van der Waals surface area contributed by atoms with E-state index in [2.05, 4.69) is 25.2 Å². The van der Waals surface area contributed by atoms with Gasteiger partial charge in [-0.1, -0.05) is 0 Å². The Morgan fingerprint density at radius 3 is 2.76 bits per heavy atom. The van der Waals surface area contributed by atoms with Crippen molar-refractivity contribution in [2.24, 2.45) is 0 Å². The van der Waals surface area contributed by atoms with Crippen LogP contribution in [0.3, 0.4) is 0 Å². The van der Waals surface area contributed by atoms with E-state index in [1.54, 1.807) is 10.6 Å². The topological polar surface area (TPSA) is 93.0 Å². The number of hydrogen-bond acceptors (Lipinski definition) is 7. The zero-order chi connectivity index (χ0) is 22.8. The molecule has 172 valence electrons. The third kappa shape index (κ3) is 4.99. The Morgan fingerprint density at radius 2 is 1.91 bits per heavy atom. The minimum absolute atomic E-state index is 0.212. The number of rotatable bonds is 6. The van der Waals surface area contributed by atoms with Crippen LogP contribution in [0.5, 0.6) is 0 Å². The highest BCUT2D eigenvalue weighted by Crippen LogP contribution is 2.17. The Morgan fingerprint density at radius 1 is 1.06 bits per heavy atom. The molecule has 3 heterocycles. The van der Waals surface area contributed by atoms with Gasteiger partial charge in [0.05, 0.1) is 29.5 Å². The molecule has 1 aliphatic heterocycles. The number of ketones is 1. The number of halogens is 1. The van der Waals surface area contributed by atoms with E-state index in [0.29, 0.717) is 43.0 Å². The molecule has 2 aromatic heterocycles. The van der Waals surface area contributed by atoms with Crippen LogP contribution >= 0.6 is 0 Å². The van der Waals surface area contributed by atoms with Crippen molar-refractivity contribution in [3.05, 3.63) is 63.8 Å². The van der Waals surface area contributed by atoms with E-state index in [9.17, 15) is 14.0 Å². The van der Waals surface area contributed by atoms with Crippen molar-refractivity contribution in [3.63, 3.8) is 0 Å². The maximum absolute atomic E-state index is 13.7. The van der Waals surface area contributed by atoms with Crippen LogP contribution in [0.15, 0.2) is 35.4 Å². The van der Waals surface area contributed by atoms with E-state index in [4.69, 9.17) is 0 Å². The summed E-state index contributed by atoms with van der Waals surface area (Å²) in [6, 6.07) is 4.71. The van der Waals surface area contributed by atoms with Gasteiger partial charge in [-0.3, -0.25) is 9.59 Å². The summed E-state index contributed by atoms with van der Waals surface area (Å²) in [5.41, 5.74) is 2.91. The van der Waals surface area contributed by atoms with E-state index in [-0.39, 0.29) is 17.2 Å². The fourth-order valence-electron chi connectivity index (χ4n) is 4.68. The molecular weight excluding hydrogens is 423 g/mol. The summed E-state index contributed by atoms with van der Waals surface area (Å²) in [7, 11) is 0. The molecule has 9 heteroatoms. The monoisotopic (exact) mass is 450 g/mol. The molecule has 1 aliphatic carbocycles. The van der Waals surface area contributed by atoms with E-state index < -0.39 is 0 Å². The van der Waals surface area contributed by atoms with Crippen LogP contribution in [0.25, 0.3) is 11.0 Å². The van der Waals surface area contributed by atoms with Crippen LogP contribution in [0.1, 0.15) is 36.3 Å². The van der Waals surface area contributed by atoms with Crippen LogP contribution < -0.4 is 10.9 Å². The normalized spacial score (nSPS) is 17.4. The number of likely N-dealkylation sites (tertiary alicyclic amines) is 1. The lowest BCUT2D eigenvalue weighted by molar-refractivity contribution is -0.118. The number of nitrogens with zero attached hydrogens (tertiary/aromatic N) is 5. The molecule has 0 radical (unpaired) electrons. The van der Waals surface area contributed by atoms with Crippen molar-refractivity contribution in [3.8, 4) is 0 Å². The highest BCUT2D eigenvalue weighted by molar-refractivity contribution is 5.82. The maximum Gasteiger partial charge on any atom is 0.269 e. The summed E-state index contributed by atoms with van der Waals surface area (Å²) >= 11 is 0. The Labute approximate surface area is 190 Å². The number of fused-ring (bicyclic) bond motifs is 2. The standard InChI is InChI=1S/C24H27FN6O2/c25-17-2-4-20-22(11-17)31(24(33)15-27-20)10-9-30-7-5-18(6-8-30)26-14-23-28-13-16-1-3-19(32)12-21(16)29-23/h2,4,11,13,15,18,26H,1,3,5-10,12,14H2. The molecule has 0 saturated carbocycles. The Balaban J connectivity index is 1.13. The lowest BCUT2D eigenvalue weighted by Crippen LogP contribution is -2.43. The molecule has 0 amide bonds. The molecule has 5 rings (SSSR count). The van der Waals surface area contributed by atoms with E-state index >= 15 is 0 Å². The number of carbonyl (C=O) groups excluding carboxylic acids is 1. The first-order valence-corrected chi connectivity index (χ1v) is 11.5. The molecule has 0 unspecified atom stereocenters. The van der Waals surface area contributed by atoms with Crippen molar-refractivity contribution in [1.82, 2.24) is 29.7 Å². The second-order valence-corrected chi connectivity index (χ2v) is 8.85. The summed E-state index contributed by atoms with van der Waals surface area (Å²) < 4.78 is 15.3. The van der Waals surface area contributed by atoms with E-state index in [0.717, 1.165) is 56.0 Å². The Hall–Kier alpha value is -3.04. The lowest BCUT2D eigenvalue weighted by Gasteiger charge is -2.32. The highest BCUT2D eigenvalue weighted by atomic mass is 19.1. The molecule has 1 saturated heterocycles. The van der Waals surface area contributed by atoms with E-state index in [1.165, 1.54) is 18.3 Å². The number of hydrogen-bond donors (Lipinski definition) is 1. The Kier molecular flexibility index (Phi) is 6.24. The predicted octanol–water partition coefficient (Wildman–Crippen LogP) is 1.64. The molecule has 0 bridgehead atoms. The third-order valence-electron chi connectivity index (χ3n) is 6.63. The first kappa shape index (κ1) is 21.8. The van der Waals surface area contributed by atoms with Crippen molar-refractivity contribution in [2.75, 3.05) is 19.6 Å². The molecule has 2 aliphatic rings. The fraction of sp³-hybridized carbons (Fsp3) is 0.458. The van der Waals surface area contributed by atoms with Crippen molar-refractivity contribution in [2.45, 2.75) is 51.2 Å². The van der Waals surface area contributed by atoms with Gasteiger partial charge in [-0.05, 0) is 56.1 Å². The molecule has 1 N–H and O–H groups in total. The molecule has 33 heavy (non-hydrogen) atoms. The van der Waals surface area contributed by atoms with Crippen LogP contribution in [-0.4, -0.2) is 55.9 Å². The number of piperidine rings is 1. The van der Waals surface area contributed by atoms with Crippen LogP contribution in [0.4, 0.5) is 4.39 Å². The van der Waals surface area contributed by atoms with E-state index in [1.807, 2.05) is 6.20 Å². The third-order valence-corrected chi connectivity index (χ3v) is 6.63. The number of Topliss-reactive ketones (excluding diaryl/α,β-unsaturated/α-hetero) is 1. The minimum atomic E-state index is -0.370. The van der Waals surface area contributed by atoms with Gasteiger partial charge in [0.1, 0.15) is 17.4 Å². The van der Waals surface area contributed by atoms with Crippen molar-refractivity contribution >= 4 is 16.8 Å². The number of aryl methyl sites for hydroxylation is 1. The van der Waals surface area contributed by atoms with Crippen LogP contribution in [-0.2, 0) is 30.7 Å². The van der Waals surface area contributed by atoms with Crippen molar-refractivity contribution < 1.29 is 9.18 Å². The summed E-state index contributed by atoms with van der Waals surface area (Å²) in [6.45, 7) is 3.66. The summed E-state index contributed by atoms with van der Waals surface area (Å²) in [5, 5.41) is 3.55. The SMILES string of the molecule is O=C1CCc2cnc(CNC3CCN(CCn4c(=O)cnc5ccc(F)cc54)CC3)nc2C1. The zero-order valence-corrected chi connectivity index (χ0v) is 18.5. The fourth-order valence-corrected chi connectivity index (χ4v) is 4.68. The smallest absolute Gasteiger partial charge is 0.269 e. The van der Waals surface area contributed by atoms with Gasteiger partial charge in [0, 0.05) is 38.2 Å². The zero-order valence-electron chi connectivity index (χ0n) is 18.5. The van der Waals surface area contributed by atoms with Crippen molar-refractivity contribution in [1.29, 1.82) is 0 Å². The second-order valence-electron chi connectivity index (χ2n) is 8.85. The van der Waals surface area contributed by atoms with Gasteiger partial charge >= 0.3 is 0 Å². The molecule has 1 fully saturated rings. The van der Waals surface area contributed by atoms with Gasteiger partial charge in [-0.25, -0.2) is 19.3 Å². The van der Waals surface area contributed by atoms with Crippen LogP contribution in [0.2, 0.25) is 0 Å². The first-order valence-electron chi connectivity index (χ1n) is 11.5. The maximum atomic E-state index is 13.7. The van der Waals surface area contributed by atoms with Crippen LogP contribution in [0, 0.1) is 5.82 Å². The molecule has 1 aromatic carbocycles. The van der Waals surface area contributed by atoms with Gasteiger partial charge in [0.15, 0.2) is 0 Å². The molecular formula is C24H27FN6O2. The highest BCUT2D eigenvalue weighted by Gasteiger charge is 2.21. The predicted molar refractivity (Wildman–Crippen MR) is 121 cm³/mol. The largest absolute Gasteiger partial charge is 0.307 e. The molecule has 8 nitrogen and oxygen atoms in total.